The molecule has 1 unspecified atom stereocenters. The molecule has 5 heteroatoms. The Labute approximate surface area is 128 Å². The zero-order valence-electron chi connectivity index (χ0n) is 14.1. The van der Waals surface area contributed by atoms with Crippen LogP contribution < -0.4 is 10.2 Å². The van der Waals surface area contributed by atoms with Gasteiger partial charge in [0.15, 0.2) is 0 Å². The Hall–Kier alpha value is -1.83. The van der Waals surface area contributed by atoms with Crippen molar-refractivity contribution in [1.82, 2.24) is 9.97 Å². The standard InChI is InChI=1S/C16H27N5/c1-7-10-18-15-13(5)16(20-14(19-15)11(2)3)21(6)12(4)8-9-17/h11-12H,7-8,10H2,1-6H3,(H,18,19,20). The molecule has 5 nitrogen and oxygen atoms in total. The molecule has 0 spiro atoms. The molecule has 0 aromatic carbocycles. The van der Waals surface area contributed by atoms with Gasteiger partial charge in [-0.1, -0.05) is 20.8 Å². The Morgan fingerprint density at radius 2 is 1.95 bits per heavy atom. The highest BCUT2D eigenvalue weighted by Gasteiger charge is 2.19. The maximum absolute atomic E-state index is 8.89. The van der Waals surface area contributed by atoms with Gasteiger partial charge in [0.25, 0.3) is 0 Å². The number of aromatic nitrogens is 2. The molecule has 116 valence electrons. The molecular weight excluding hydrogens is 262 g/mol. The van der Waals surface area contributed by atoms with E-state index in [1.165, 1.54) is 0 Å². The van der Waals surface area contributed by atoms with Crippen LogP contribution in [0, 0.1) is 18.3 Å². The van der Waals surface area contributed by atoms with E-state index in [-0.39, 0.29) is 12.0 Å². The molecule has 0 aliphatic carbocycles. The topological polar surface area (TPSA) is 64.8 Å². The van der Waals surface area contributed by atoms with Gasteiger partial charge in [-0.3, -0.25) is 0 Å². The summed E-state index contributed by atoms with van der Waals surface area (Å²) in [6.45, 7) is 11.3. The molecule has 1 heterocycles. The molecule has 0 aliphatic heterocycles. The molecule has 0 aliphatic rings. The fraction of sp³-hybridized carbons (Fsp3) is 0.688. The number of nitrogens with zero attached hydrogens (tertiary/aromatic N) is 4. The normalized spacial score (nSPS) is 12.1. The average molecular weight is 289 g/mol. The Balaban J connectivity index is 3.22. The molecule has 1 aromatic rings. The Morgan fingerprint density at radius 1 is 1.29 bits per heavy atom. The van der Waals surface area contributed by atoms with Crippen molar-refractivity contribution in [2.24, 2.45) is 0 Å². The molecule has 0 saturated heterocycles. The fourth-order valence-electron chi connectivity index (χ4n) is 2.02. The van der Waals surface area contributed by atoms with Crippen LogP contribution in [0.15, 0.2) is 0 Å². The van der Waals surface area contributed by atoms with Crippen molar-refractivity contribution in [2.75, 3.05) is 23.8 Å². The minimum atomic E-state index is 0.127. The number of rotatable bonds is 7. The zero-order chi connectivity index (χ0) is 16.0. The average Bonchev–Trinajstić information content (AvgIpc) is 2.45. The summed E-state index contributed by atoms with van der Waals surface area (Å²) in [5.41, 5.74) is 1.04. The highest BCUT2D eigenvalue weighted by Crippen LogP contribution is 2.27. The highest BCUT2D eigenvalue weighted by molar-refractivity contribution is 5.59. The first-order chi connectivity index (χ1) is 9.92. The summed E-state index contributed by atoms with van der Waals surface area (Å²) >= 11 is 0. The number of anilines is 2. The van der Waals surface area contributed by atoms with Gasteiger partial charge in [-0.05, 0) is 20.3 Å². The van der Waals surface area contributed by atoms with Crippen molar-refractivity contribution in [3.63, 3.8) is 0 Å². The third-order valence-electron chi connectivity index (χ3n) is 3.58. The van der Waals surface area contributed by atoms with Gasteiger partial charge in [0, 0.05) is 31.1 Å². The molecule has 0 saturated carbocycles. The lowest BCUT2D eigenvalue weighted by Gasteiger charge is -2.27. The third-order valence-corrected chi connectivity index (χ3v) is 3.58. The summed E-state index contributed by atoms with van der Waals surface area (Å²) in [5.74, 6) is 2.92. The SMILES string of the molecule is CCCNc1nc(C(C)C)nc(N(C)C(C)CC#N)c1C. The van der Waals surface area contributed by atoms with E-state index in [0.29, 0.717) is 6.42 Å². The van der Waals surface area contributed by atoms with Crippen LogP contribution >= 0.6 is 0 Å². The molecule has 1 aromatic heterocycles. The lowest BCUT2D eigenvalue weighted by Crippen LogP contribution is -2.30. The predicted octanol–water partition coefficient (Wildman–Crippen LogP) is 3.47. The van der Waals surface area contributed by atoms with E-state index in [1.807, 2.05) is 20.9 Å². The first-order valence-corrected chi connectivity index (χ1v) is 7.64. The quantitative estimate of drug-likeness (QED) is 0.832. The number of nitrogens with one attached hydrogen (secondary N) is 1. The van der Waals surface area contributed by atoms with Crippen molar-refractivity contribution in [3.8, 4) is 6.07 Å². The summed E-state index contributed by atoms with van der Waals surface area (Å²) in [6, 6.07) is 2.35. The summed E-state index contributed by atoms with van der Waals surface area (Å²) in [7, 11) is 1.99. The number of nitriles is 1. The molecule has 0 fully saturated rings. The van der Waals surface area contributed by atoms with Crippen molar-refractivity contribution < 1.29 is 0 Å². The van der Waals surface area contributed by atoms with Crippen LogP contribution in [0.25, 0.3) is 0 Å². The number of hydrogen-bond acceptors (Lipinski definition) is 5. The Kier molecular flexibility index (Phi) is 6.41. The first-order valence-electron chi connectivity index (χ1n) is 7.64. The van der Waals surface area contributed by atoms with Crippen molar-refractivity contribution in [3.05, 3.63) is 11.4 Å². The molecule has 1 atom stereocenters. The van der Waals surface area contributed by atoms with E-state index in [0.717, 1.165) is 36.0 Å². The second-order valence-electron chi connectivity index (χ2n) is 5.78. The van der Waals surface area contributed by atoms with Crippen LogP contribution in [0.1, 0.15) is 57.8 Å². The van der Waals surface area contributed by atoms with Crippen LogP contribution in [-0.4, -0.2) is 29.6 Å². The lowest BCUT2D eigenvalue weighted by molar-refractivity contribution is 0.679. The minimum absolute atomic E-state index is 0.127. The van der Waals surface area contributed by atoms with Crippen molar-refractivity contribution in [2.45, 2.75) is 59.4 Å². The molecule has 0 amide bonds. The number of hydrogen-bond donors (Lipinski definition) is 1. The third kappa shape index (κ3) is 4.32. The first kappa shape index (κ1) is 17.2. The van der Waals surface area contributed by atoms with E-state index in [1.54, 1.807) is 0 Å². The zero-order valence-corrected chi connectivity index (χ0v) is 14.1. The fourth-order valence-corrected chi connectivity index (χ4v) is 2.02. The van der Waals surface area contributed by atoms with Gasteiger partial charge in [0.05, 0.1) is 12.5 Å². The van der Waals surface area contributed by atoms with Gasteiger partial charge in [-0.2, -0.15) is 5.26 Å². The smallest absolute Gasteiger partial charge is 0.137 e. The van der Waals surface area contributed by atoms with Gasteiger partial charge >= 0.3 is 0 Å². The summed E-state index contributed by atoms with van der Waals surface area (Å²) in [6.07, 6.45) is 1.53. The van der Waals surface area contributed by atoms with E-state index in [4.69, 9.17) is 10.2 Å². The minimum Gasteiger partial charge on any atom is -0.370 e. The van der Waals surface area contributed by atoms with Crippen molar-refractivity contribution >= 4 is 11.6 Å². The molecule has 21 heavy (non-hydrogen) atoms. The second-order valence-corrected chi connectivity index (χ2v) is 5.78. The predicted molar refractivity (Wildman–Crippen MR) is 87.7 cm³/mol. The molecule has 1 N–H and O–H groups in total. The molecule has 1 rings (SSSR count). The van der Waals surface area contributed by atoms with Crippen LogP contribution in [0.3, 0.4) is 0 Å². The van der Waals surface area contributed by atoms with Gasteiger partial charge in [-0.15, -0.1) is 0 Å². The van der Waals surface area contributed by atoms with Crippen LogP contribution in [0.4, 0.5) is 11.6 Å². The monoisotopic (exact) mass is 289 g/mol. The van der Waals surface area contributed by atoms with Gasteiger partial charge in [-0.25, -0.2) is 9.97 Å². The van der Waals surface area contributed by atoms with E-state index in [9.17, 15) is 0 Å². The van der Waals surface area contributed by atoms with Crippen LogP contribution in [-0.2, 0) is 0 Å². The molecule has 0 radical (unpaired) electrons. The van der Waals surface area contributed by atoms with Gasteiger partial charge in [0.2, 0.25) is 0 Å². The maximum atomic E-state index is 8.89. The summed E-state index contributed by atoms with van der Waals surface area (Å²) in [5, 5.41) is 12.3. The lowest BCUT2D eigenvalue weighted by atomic mass is 10.1. The Morgan fingerprint density at radius 3 is 2.48 bits per heavy atom. The van der Waals surface area contributed by atoms with Crippen LogP contribution in [0.2, 0.25) is 0 Å². The highest BCUT2D eigenvalue weighted by atomic mass is 15.2. The summed E-state index contributed by atoms with van der Waals surface area (Å²) in [4.78, 5) is 11.4. The van der Waals surface area contributed by atoms with E-state index in [2.05, 4.69) is 42.0 Å². The molecule has 0 bridgehead atoms. The second kappa shape index (κ2) is 7.82. The van der Waals surface area contributed by atoms with Gasteiger partial charge < -0.3 is 10.2 Å². The Bertz CT molecular complexity index is 504. The van der Waals surface area contributed by atoms with E-state index >= 15 is 0 Å². The van der Waals surface area contributed by atoms with Crippen molar-refractivity contribution in [1.29, 1.82) is 5.26 Å². The summed E-state index contributed by atoms with van der Waals surface area (Å²) < 4.78 is 0. The van der Waals surface area contributed by atoms with Crippen LogP contribution in [0.5, 0.6) is 0 Å². The molecular formula is C16H27N5. The maximum Gasteiger partial charge on any atom is 0.137 e. The van der Waals surface area contributed by atoms with Gasteiger partial charge in [0.1, 0.15) is 17.5 Å². The largest absolute Gasteiger partial charge is 0.370 e. The van der Waals surface area contributed by atoms with E-state index < -0.39 is 0 Å².